The highest BCUT2D eigenvalue weighted by molar-refractivity contribution is 5.85. The Morgan fingerprint density at radius 2 is 1.89 bits per heavy atom. The number of hydrogen-bond acceptors (Lipinski definition) is 5. The van der Waals surface area contributed by atoms with Crippen molar-refractivity contribution in [2.45, 2.75) is 50.6 Å². The summed E-state index contributed by atoms with van der Waals surface area (Å²) in [6, 6.07) is 0.542. The molecule has 8 nitrogen and oxygen atoms in total. The minimum absolute atomic E-state index is 0. The molecule has 0 atom stereocenters. The van der Waals surface area contributed by atoms with Crippen LogP contribution in [-0.2, 0) is 11.3 Å². The number of nitrogens with zero attached hydrogens (tertiary/aromatic N) is 6. The van der Waals surface area contributed by atoms with Gasteiger partial charge in [0.15, 0.2) is 5.82 Å². The second-order valence-corrected chi connectivity index (χ2v) is 7.00. The van der Waals surface area contributed by atoms with Gasteiger partial charge in [-0.1, -0.05) is 0 Å². The van der Waals surface area contributed by atoms with Crippen LogP contribution in [-0.4, -0.2) is 54.8 Å². The molecule has 0 radical (unpaired) electrons. The van der Waals surface area contributed by atoms with Gasteiger partial charge in [-0.2, -0.15) is 0 Å². The van der Waals surface area contributed by atoms with Crippen LogP contribution in [0.3, 0.4) is 0 Å². The summed E-state index contributed by atoms with van der Waals surface area (Å²) in [4.78, 5) is 18.1. The second kappa shape index (κ2) is 9.52. The number of piperidine rings is 1. The minimum Gasteiger partial charge on any atom is -0.343 e. The van der Waals surface area contributed by atoms with Crippen molar-refractivity contribution in [3.05, 3.63) is 30.4 Å². The molecule has 2 aliphatic rings. The first-order valence-corrected chi connectivity index (χ1v) is 9.13. The summed E-state index contributed by atoms with van der Waals surface area (Å²) in [5.74, 6) is 2.66. The van der Waals surface area contributed by atoms with Gasteiger partial charge in [-0.05, 0) is 25.7 Å². The van der Waals surface area contributed by atoms with E-state index in [0.29, 0.717) is 31.5 Å². The maximum Gasteiger partial charge on any atom is 0.223 e. The Morgan fingerprint density at radius 1 is 1.15 bits per heavy atom. The summed E-state index contributed by atoms with van der Waals surface area (Å²) < 4.78 is 4.38. The molecule has 4 rings (SSSR count). The number of likely N-dealkylation sites (tertiary alicyclic amines) is 1. The van der Waals surface area contributed by atoms with Crippen LogP contribution >= 0.6 is 24.8 Å². The van der Waals surface area contributed by atoms with Crippen LogP contribution in [0.1, 0.15) is 55.7 Å². The zero-order valence-corrected chi connectivity index (χ0v) is 16.9. The van der Waals surface area contributed by atoms with Crippen LogP contribution in [0.4, 0.5) is 0 Å². The summed E-state index contributed by atoms with van der Waals surface area (Å²) in [5, 5.41) is 9.02. The third-order valence-corrected chi connectivity index (χ3v) is 5.16. The van der Waals surface area contributed by atoms with E-state index in [9.17, 15) is 4.79 Å². The van der Waals surface area contributed by atoms with Gasteiger partial charge >= 0.3 is 0 Å². The quantitative estimate of drug-likeness (QED) is 0.774. The van der Waals surface area contributed by atoms with E-state index in [1.165, 1.54) is 12.8 Å². The van der Waals surface area contributed by atoms with Crippen LogP contribution in [0.2, 0.25) is 0 Å². The van der Waals surface area contributed by atoms with Crippen LogP contribution in [0.25, 0.3) is 0 Å². The van der Waals surface area contributed by atoms with Gasteiger partial charge in [0.05, 0.1) is 12.9 Å². The molecule has 0 bridgehead atoms. The van der Waals surface area contributed by atoms with Gasteiger partial charge in [-0.3, -0.25) is 4.79 Å². The smallest absolute Gasteiger partial charge is 0.223 e. The molecular formula is C17H27Cl2N7O. The lowest BCUT2D eigenvalue weighted by Crippen LogP contribution is -2.39. The standard InChI is InChI=1S/C17H25N7O.2ClH/c18-6-3-16(25)23-8-4-13(5-9-23)17-21-20-15(24(17)14-1-2-14)11-22-10-7-19-12-22;;/h7,10,12-14H,1-6,8-9,11,18H2;2*1H. The van der Waals surface area contributed by atoms with Crippen LogP contribution in [0.5, 0.6) is 0 Å². The van der Waals surface area contributed by atoms with Gasteiger partial charge in [-0.15, -0.1) is 35.0 Å². The van der Waals surface area contributed by atoms with E-state index in [1.807, 2.05) is 22.0 Å². The number of halogens is 2. The van der Waals surface area contributed by atoms with Gasteiger partial charge < -0.3 is 19.8 Å². The van der Waals surface area contributed by atoms with Crippen molar-refractivity contribution in [1.82, 2.24) is 29.2 Å². The number of amides is 1. The molecule has 10 heteroatoms. The Balaban J connectivity index is 0.00000131. The van der Waals surface area contributed by atoms with Crippen molar-refractivity contribution >= 4 is 30.7 Å². The molecular weight excluding hydrogens is 389 g/mol. The average molecular weight is 416 g/mol. The van der Waals surface area contributed by atoms with E-state index < -0.39 is 0 Å². The highest BCUT2D eigenvalue weighted by Crippen LogP contribution is 2.40. The molecule has 1 saturated carbocycles. The molecule has 1 amide bonds. The number of imidazole rings is 1. The fourth-order valence-electron chi connectivity index (χ4n) is 3.67. The van der Waals surface area contributed by atoms with Crippen molar-refractivity contribution in [3.63, 3.8) is 0 Å². The molecule has 3 heterocycles. The van der Waals surface area contributed by atoms with Crippen molar-refractivity contribution in [2.75, 3.05) is 19.6 Å². The Hall–Kier alpha value is -1.64. The molecule has 1 aliphatic heterocycles. The van der Waals surface area contributed by atoms with E-state index in [2.05, 4.69) is 19.7 Å². The minimum atomic E-state index is 0. The summed E-state index contributed by atoms with van der Waals surface area (Å²) in [5.41, 5.74) is 5.50. The van der Waals surface area contributed by atoms with E-state index in [0.717, 1.165) is 37.6 Å². The Kier molecular flexibility index (Phi) is 7.64. The van der Waals surface area contributed by atoms with Gasteiger partial charge in [0.25, 0.3) is 0 Å². The largest absolute Gasteiger partial charge is 0.343 e. The van der Waals surface area contributed by atoms with E-state index in [1.54, 1.807) is 6.20 Å². The number of carbonyl (C=O) groups excluding carboxylic acids is 1. The van der Waals surface area contributed by atoms with Crippen molar-refractivity contribution in [1.29, 1.82) is 0 Å². The molecule has 2 aromatic rings. The van der Waals surface area contributed by atoms with E-state index in [4.69, 9.17) is 5.73 Å². The fourth-order valence-corrected chi connectivity index (χ4v) is 3.67. The molecule has 2 N–H and O–H groups in total. The maximum absolute atomic E-state index is 12.0. The summed E-state index contributed by atoms with van der Waals surface area (Å²) >= 11 is 0. The highest BCUT2D eigenvalue weighted by atomic mass is 35.5. The molecule has 0 spiro atoms. The first kappa shape index (κ1) is 21.7. The average Bonchev–Trinajstić information content (AvgIpc) is 3.17. The van der Waals surface area contributed by atoms with Crippen LogP contribution in [0.15, 0.2) is 18.7 Å². The van der Waals surface area contributed by atoms with Crippen molar-refractivity contribution < 1.29 is 4.79 Å². The highest BCUT2D eigenvalue weighted by Gasteiger charge is 2.34. The summed E-state index contributed by atoms with van der Waals surface area (Å²) in [7, 11) is 0. The zero-order valence-electron chi connectivity index (χ0n) is 15.2. The second-order valence-electron chi connectivity index (χ2n) is 7.00. The van der Waals surface area contributed by atoms with E-state index >= 15 is 0 Å². The third-order valence-electron chi connectivity index (χ3n) is 5.16. The monoisotopic (exact) mass is 415 g/mol. The SMILES string of the molecule is Cl.Cl.NCCC(=O)N1CCC(c2nnc(Cn3ccnc3)n2C2CC2)CC1. The Bertz CT molecular complexity index is 722. The number of carbonyl (C=O) groups is 1. The van der Waals surface area contributed by atoms with Crippen molar-refractivity contribution in [2.24, 2.45) is 5.73 Å². The Morgan fingerprint density at radius 3 is 2.48 bits per heavy atom. The first-order valence-electron chi connectivity index (χ1n) is 9.13. The molecule has 0 aromatic carbocycles. The first-order chi connectivity index (χ1) is 12.3. The number of nitrogens with two attached hydrogens (primary N) is 1. The zero-order chi connectivity index (χ0) is 17.2. The molecule has 2 aromatic heterocycles. The molecule has 150 valence electrons. The Labute approximate surface area is 171 Å². The molecule has 1 saturated heterocycles. The van der Waals surface area contributed by atoms with Gasteiger partial charge in [0, 0.05) is 50.4 Å². The predicted octanol–water partition coefficient (Wildman–Crippen LogP) is 1.76. The maximum atomic E-state index is 12.0. The molecule has 27 heavy (non-hydrogen) atoms. The lowest BCUT2D eigenvalue weighted by atomic mass is 9.95. The number of hydrogen-bond donors (Lipinski definition) is 1. The fraction of sp³-hybridized carbons (Fsp3) is 0.647. The van der Waals surface area contributed by atoms with Crippen molar-refractivity contribution in [3.8, 4) is 0 Å². The van der Waals surface area contributed by atoms with Gasteiger partial charge in [0.2, 0.25) is 5.91 Å². The molecule has 1 aliphatic carbocycles. The molecule has 0 unspecified atom stereocenters. The lowest BCUT2D eigenvalue weighted by molar-refractivity contribution is -0.132. The van der Waals surface area contributed by atoms with Crippen LogP contribution < -0.4 is 5.73 Å². The summed E-state index contributed by atoms with van der Waals surface area (Å²) in [6.45, 7) is 2.71. The summed E-state index contributed by atoms with van der Waals surface area (Å²) in [6.07, 6.45) is 10.3. The number of rotatable bonds is 6. The van der Waals surface area contributed by atoms with Gasteiger partial charge in [-0.25, -0.2) is 4.98 Å². The normalized spacial score (nSPS) is 17.3. The number of aromatic nitrogens is 5. The predicted molar refractivity (Wildman–Crippen MR) is 106 cm³/mol. The lowest BCUT2D eigenvalue weighted by Gasteiger charge is -2.31. The van der Waals surface area contributed by atoms with Crippen LogP contribution in [0, 0.1) is 0 Å². The van der Waals surface area contributed by atoms with Gasteiger partial charge in [0.1, 0.15) is 5.82 Å². The van der Waals surface area contributed by atoms with E-state index in [-0.39, 0.29) is 30.7 Å². The topological polar surface area (TPSA) is 94.9 Å². The molecule has 2 fully saturated rings. The third kappa shape index (κ3) is 4.80.